The van der Waals surface area contributed by atoms with Crippen molar-refractivity contribution in [1.82, 2.24) is 10.2 Å². The van der Waals surface area contributed by atoms with Crippen LogP contribution in [0, 0.1) is 5.82 Å². The molecule has 11 heteroatoms. The van der Waals surface area contributed by atoms with Gasteiger partial charge in [0.25, 0.3) is 10.0 Å². The maximum absolute atomic E-state index is 13.1. The van der Waals surface area contributed by atoms with E-state index in [0.29, 0.717) is 45.0 Å². The molecule has 178 valence electrons. The summed E-state index contributed by atoms with van der Waals surface area (Å²) in [4.78, 5) is 27.6. The Hall–Kier alpha value is -3.18. The zero-order valence-corrected chi connectivity index (χ0v) is 19.1. The van der Waals surface area contributed by atoms with Gasteiger partial charge in [-0.15, -0.1) is 0 Å². The third kappa shape index (κ3) is 6.42. The van der Waals surface area contributed by atoms with Gasteiger partial charge in [-0.2, -0.15) is 0 Å². The Balaban J connectivity index is 1.70. The largest absolute Gasteiger partial charge is 0.478 e. The molecule has 3 N–H and O–H groups in total. The molecular weight excluding hydrogens is 451 g/mol. The molecule has 1 fully saturated rings. The molecule has 0 aromatic heterocycles. The number of anilines is 2. The van der Waals surface area contributed by atoms with Crippen LogP contribution in [0.2, 0.25) is 0 Å². The number of rotatable bonds is 9. The van der Waals surface area contributed by atoms with Gasteiger partial charge < -0.3 is 15.3 Å². The van der Waals surface area contributed by atoms with Crippen molar-refractivity contribution in [2.75, 3.05) is 48.9 Å². The third-order valence-electron chi connectivity index (χ3n) is 5.26. The van der Waals surface area contributed by atoms with Gasteiger partial charge in [-0.3, -0.25) is 14.4 Å². The number of nitrogens with one attached hydrogen (secondary N) is 2. The standard InChI is InChI=1S/C22H27FN4O5S/c1-2-9-24-21(28)15-26-10-12-27(13-11-26)20-8-5-17(14-19(20)22(29)30)25-33(31,32)18-6-3-16(23)4-7-18/h3-8,14,25H,2,9-13,15H2,1H3,(H,24,28)(H,29,30). The Bertz CT molecular complexity index is 1100. The van der Waals surface area contributed by atoms with E-state index in [1.165, 1.54) is 12.1 Å². The maximum atomic E-state index is 13.1. The van der Waals surface area contributed by atoms with E-state index in [-0.39, 0.29) is 22.1 Å². The molecule has 0 unspecified atom stereocenters. The van der Waals surface area contributed by atoms with Crippen molar-refractivity contribution in [1.29, 1.82) is 0 Å². The van der Waals surface area contributed by atoms with Crippen LogP contribution in [0.25, 0.3) is 0 Å². The van der Waals surface area contributed by atoms with Crippen molar-refractivity contribution in [3.05, 3.63) is 53.8 Å². The minimum absolute atomic E-state index is 0.0330. The quantitative estimate of drug-likeness (QED) is 0.504. The zero-order chi connectivity index (χ0) is 24.0. The summed E-state index contributed by atoms with van der Waals surface area (Å²) in [5.41, 5.74) is 0.525. The number of carbonyl (C=O) groups is 2. The van der Waals surface area contributed by atoms with Crippen LogP contribution >= 0.6 is 0 Å². The van der Waals surface area contributed by atoms with E-state index in [1.807, 2.05) is 16.7 Å². The first-order valence-electron chi connectivity index (χ1n) is 10.6. The molecule has 3 rings (SSSR count). The van der Waals surface area contributed by atoms with E-state index < -0.39 is 21.8 Å². The molecule has 0 atom stereocenters. The van der Waals surface area contributed by atoms with Crippen molar-refractivity contribution in [2.45, 2.75) is 18.2 Å². The summed E-state index contributed by atoms with van der Waals surface area (Å²) in [6.07, 6.45) is 0.869. The molecule has 2 aromatic rings. The number of carbonyl (C=O) groups excluding carboxylic acids is 1. The fourth-order valence-corrected chi connectivity index (χ4v) is 4.59. The average Bonchev–Trinajstić information content (AvgIpc) is 2.78. The van der Waals surface area contributed by atoms with E-state index in [0.717, 1.165) is 30.7 Å². The molecule has 0 saturated carbocycles. The SMILES string of the molecule is CCCNC(=O)CN1CCN(c2ccc(NS(=O)(=O)c3ccc(F)cc3)cc2C(=O)O)CC1. The Kier molecular flexibility index (Phi) is 7.88. The number of carboxylic acid groups (broad SMARTS) is 1. The summed E-state index contributed by atoms with van der Waals surface area (Å²) in [6, 6.07) is 8.66. The van der Waals surface area contributed by atoms with Crippen molar-refractivity contribution in [2.24, 2.45) is 0 Å². The van der Waals surface area contributed by atoms with Gasteiger partial charge in [-0.25, -0.2) is 17.6 Å². The van der Waals surface area contributed by atoms with Crippen LogP contribution in [0.3, 0.4) is 0 Å². The van der Waals surface area contributed by atoms with Crippen LogP contribution in [0.1, 0.15) is 23.7 Å². The van der Waals surface area contributed by atoms with Gasteiger partial charge in [0.05, 0.1) is 22.7 Å². The van der Waals surface area contributed by atoms with Crippen molar-refractivity contribution >= 4 is 33.3 Å². The Morgan fingerprint density at radius 3 is 2.33 bits per heavy atom. The summed E-state index contributed by atoms with van der Waals surface area (Å²) in [6.45, 7) is 5.17. The van der Waals surface area contributed by atoms with Gasteiger partial charge in [0, 0.05) is 38.4 Å². The minimum Gasteiger partial charge on any atom is -0.478 e. The van der Waals surface area contributed by atoms with Crippen LogP contribution in [0.5, 0.6) is 0 Å². The number of sulfonamides is 1. The molecule has 1 amide bonds. The summed E-state index contributed by atoms with van der Waals surface area (Å²) in [5, 5.41) is 12.6. The lowest BCUT2D eigenvalue weighted by molar-refractivity contribution is -0.122. The Morgan fingerprint density at radius 2 is 1.73 bits per heavy atom. The smallest absolute Gasteiger partial charge is 0.337 e. The molecule has 1 aliphatic heterocycles. The van der Waals surface area contributed by atoms with Crippen LogP contribution in [0.4, 0.5) is 15.8 Å². The molecule has 2 aromatic carbocycles. The predicted molar refractivity (Wildman–Crippen MR) is 123 cm³/mol. The van der Waals surface area contributed by atoms with Gasteiger partial charge in [-0.05, 0) is 48.9 Å². The van der Waals surface area contributed by atoms with Gasteiger partial charge in [0.1, 0.15) is 5.82 Å². The topological polar surface area (TPSA) is 119 Å². The molecule has 33 heavy (non-hydrogen) atoms. The molecule has 0 bridgehead atoms. The Labute approximate surface area is 192 Å². The van der Waals surface area contributed by atoms with E-state index in [4.69, 9.17) is 0 Å². The monoisotopic (exact) mass is 478 g/mol. The lowest BCUT2D eigenvalue weighted by Gasteiger charge is -2.36. The van der Waals surface area contributed by atoms with Gasteiger partial charge in [0.2, 0.25) is 5.91 Å². The van der Waals surface area contributed by atoms with E-state index >= 15 is 0 Å². The fourth-order valence-electron chi connectivity index (χ4n) is 3.54. The highest BCUT2D eigenvalue weighted by Gasteiger charge is 2.24. The lowest BCUT2D eigenvalue weighted by Crippen LogP contribution is -2.49. The first kappa shape index (κ1) is 24.5. The average molecular weight is 479 g/mol. The highest BCUT2D eigenvalue weighted by Crippen LogP contribution is 2.27. The number of carboxylic acids is 1. The fraction of sp³-hybridized carbons (Fsp3) is 0.364. The third-order valence-corrected chi connectivity index (χ3v) is 6.65. The molecule has 1 heterocycles. The second-order valence-electron chi connectivity index (χ2n) is 7.71. The molecule has 0 aliphatic carbocycles. The van der Waals surface area contributed by atoms with Crippen LogP contribution in [0.15, 0.2) is 47.4 Å². The van der Waals surface area contributed by atoms with Gasteiger partial charge in [0.15, 0.2) is 0 Å². The molecule has 1 aliphatic rings. The first-order valence-corrected chi connectivity index (χ1v) is 12.1. The number of amides is 1. The molecule has 0 spiro atoms. The second-order valence-corrected chi connectivity index (χ2v) is 9.39. The molecule has 0 radical (unpaired) electrons. The maximum Gasteiger partial charge on any atom is 0.337 e. The minimum atomic E-state index is -4.00. The normalized spacial score (nSPS) is 14.7. The highest BCUT2D eigenvalue weighted by molar-refractivity contribution is 7.92. The summed E-state index contributed by atoms with van der Waals surface area (Å²) < 4.78 is 40.5. The number of benzene rings is 2. The van der Waals surface area contributed by atoms with Gasteiger partial charge in [-0.1, -0.05) is 6.92 Å². The highest BCUT2D eigenvalue weighted by atomic mass is 32.2. The van der Waals surface area contributed by atoms with Crippen LogP contribution in [-0.2, 0) is 14.8 Å². The number of hydrogen-bond donors (Lipinski definition) is 3. The van der Waals surface area contributed by atoms with E-state index in [2.05, 4.69) is 10.0 Å². The first-order chi connectivity index (χ1) is 15.7. The lowest BCUT2D eigenvalue weighted by atomic mass is 10.1. The summed E-state index contributed by atoms with van der Waals surface area (Å²) >= 11 is 0. The number of aromatic carboxylic acids is 1. The van der Waals surface area contributed by atoms with Gasteiger partial charge >= 0.3 is 5.97 Å². The second kappa shape index (κ2) is 10.6. The number of halogens is 1. The number of piperazine rings is 1. The summed E-state index contributed by atoms with van der Waals surface area (Å²) in [5.74, 6) is -1.78. The van der Waals surface area contributed by atoms with Crippen molar-refractivity contribution in [3.8, 4) is 0 Å². The zero-order valence-electron chi connectivity index (χ0n) is 18.3. The number of hydrogen-bond acceptors (Lipinski definition) is 6. The van der Waals surface area contributed by atoms with E-state index in [1.54, 1.807) is 6.07 Å². The van der Waals surface area contributed by atoms with Crippen LogP contribution < -0.4 is 14.9 Å². The molecular formula is C22H27FN4O5S. The summed E-state index contributed by atoms with van der Waals surface area (Å²) in [7, 11) is -4.00. The van der Waals surface area contributed by atoms with E-state index in [9.17, 15) is 27.5 Å². The Morgan fingerprint density at radius 1 is 1.06 bits per heavy atom. The molecule has 9 nitrogen and oxygen atoms in total. The van der Waals surface area contributed by atoms with Crippen LogP contribution in [-0.4, -0.2) is 69.6 Å². The van der Waals surface area contributed by atoms with Crippen molar-refractivity contribution in [3.63, 3.8) is 0 Å². The number of nitrogens with zero attached hydrogens (tertiary/aromatic N) is 2. The van der Waals surface area contributed by atoms with Crippen molar-refractivity contribution < 1.29 is 27.5 Å². The molecule has 1 saturated heterocycles. The predicted octanol–water partition coefficient (Wildman–Crippen LogP) is 1.97.